The van der Waals surface area contributed by atoms with Crippen molar-refractivity contribution in [3.8, 4) is 5.75 Å². The van der Waals surface area contributed by atoms with Crippen LogP contribution in [-0.2, 0) is 6.54 Å². The van der Waals surface area contributed by atoms with Crippen molar-refractivity contribution in [1.29, 1.82) is 0 Å². The van der Waals surface area contributed by atoms with Crippen molar-refractivity contribution in [1.82, 2.24) is 19.6 Å². The first-order valence-corrected chi connectivity index (χ1v) is 11.0. The number of piperazine rings is 1. The highest BCUT2D eigenvalue weighted by Crippen LogP contribution is 2.14. The fourth-order valence-corrected chi connectivity index (χ4v) is 3.67. The van der Waals surface area contributed by atoms with Gasteiger partial charge in [0.25, 0.3) is 17.4 Å². The lowest BCUT2D eigenvalue weighted by Crippen LogP contribution is -2.51. The SMILES string of the molecule is O=C(c1ccc(Cl)cc1)N1CCN(C(=O)c2ccc(=O)n(CCOc3ccccc3)n2)CC1. The molecule has 0 radical (unpaired) electrons. The van der Waals surface area contributed by atoms with E-state index in [1.165, 1.54) is 16.8 Å². The maximum Gasteiger partial charge on any atom is 0.274 e. The van der Waals surface area contributed by atoms with Crippen LogP contribution >= 0.6 is 11.6 Å². The summed E-state index contributed by atoms with van der Waals surface area (Å²) in [6.45, 7) is 2.07. The highest BCUT2D eigenvalue weighted by Gasteiger charge is 2.26. The summed E-state index contributed by atoms with van der Waals surface area (Å²) in [5.41, 5.74) is 0.444. The van der Waals surface area contributed by atoms with Crippen LogP contribution in [0, 0.1) is 0 Å². The Morgan fingerprint density at radius 2 is 1.48 bits per heavy atom. The summed E-state index contributed by atoms with van der Waals surface area (Å²) in [4.78, 5) is 41.1. The van der Waals surface area contributed by atoms with Gasteiger partial charge >= 0.3 is 0 Å². The zero-order valence-electron chi connectivity index (χ0n) is 17.9. The summed E-state index contributed by atoms with van der Waals surface area (Å²) >= 11 is 5.89. The molecule has 0 saturated carbocycles. The molecule has 2 heterocycles. The third kappa shape index (κ3) is 5.59. The second-order valence-electron chi connectivity index (χ2n) is 7.53. The molecule has 170 valence electrons. The first-order valence-electron chi connectivity index (χ1n) is 10.6. The third-order valence-electron chi connectivity index (χ3n) is 5.35. The van der Waals surface area contributed by atoms with Crippen molar-refractivity contribution in [2.24, 2.45) is 0 Å². The molecular weight excluding hydrogens is 444 g/mol. The Morgan fingerprint density at radius 3 is 2.15 bits per heavy atom. The van der Waals surface area contributed by atoms with Gasteiger partial charge in [-0.3, -0.25) is 14.4 Å². The van der Waals surface area contributed by atoms with Crippen molar-refractivity contribution in [3.05, 3.63) is 93.4 Å². The van der Waals surface area contributed by atoms with Gasteiger partial charge in [0.15, 0.2) is 0 Å². The van der Waals surface area contributed by atoms with Gasteiger partial charge in [-0.05, 0) is 42.5 Å². The number of benzene rings is 2. The van der Waals surface area contributed by atoms with Gasteiger partial charge in [0.1, 0.15) is 18.1 Å². The van der Waals surface area contributed by atoms with Gasteiger partial charge in [0.2, 0.25) is 0 Å². The molecule has 2 aromatic carbocycles. The van der Waals surface area contributed by atoms with E-state index in [9.17, 15) is 14.4 Å². The lowest BCUT2D eigenvalue weighted by atomic mass is 10.2. The Kier molecular flexibility index (Phi) is 7.04. The number of carbonyl (C=O) groups is 2. The average molecular weight is 467 g/mol. The summed E-state index contributed by atoms with van der Waals surface area (Å²) in [5.74, 6) is 0.332. The van der Waals surface area contributed by atoms with Crippen LogP contribution in [0.3, 0.4) is 0 Å². The maximum absolute atomic E-state index is 12.9. The van der Waals surface area contributed by atoms with Gasteiger partial charge in [-0.15, -0.1) is 0 Å². The van der Waals surface area contributed by atoms with Crippen LogP contribution in [-0.4, -0.2) is 64.2 Å². The summed E-state index contributed by atoms with van der Waals surface area (Å²) < 4.78 is 6.85. The largest absolute Gasteiger partial charge is 0.492 e. The number of aromatic nitrogens is 2. The first-order chi connectivity index (χ1) is 16.0. The average Bonchev–Trinajstić information content (AvgIpc) is 2.85. The van der Waals surface area contributed by atoms with Crippen LogP contribution in [0.4, 0.5) is 0 Å². The van der Waals surface area contributed by atoms with Crippen LogP contribution in [0.5, 0.6) is 5.75 Å². The zero-order chi connectivity index (χ0) is 23.2. The van der Waals surface area contributed by atoms with Crippen molar-refractivity contribution in [3.63, 3.8) is 0 Å². The lowest BCUT2D eigenvalue weighted by molar-refractivity contribution is 0.0530. The predicted molar refractivity (Wildman–Crippen MR) is 124 cm³/mol. The topological polar surface area (TPSA) is 84.7 Å². The summed E-state index contributed by atoms with van der Waals surface area (Å²) in [6, 6.07) is 18.8. The molecule has 1 aliphatic heterocycles. The number of rotatable bonds is 6. The quantitative estimate of drug-likeness (QED) is 0.557. The van der Waals surface area contributed by atoms with Gasteiger partial charge in [-0.25, -0.2) is 4.68 Å². The van der Waals surface area contributed by atoms with Crippen LogP contribution in [0.25, 0.3) is 0 Å². The van der Waals surface area contributed by atoms with E-state index in [0.717, 1.165) is 0 Å². The molecule has 1 aliphatic rings. The van der Waals surface area contributed by atoms with E-state index >= 15 is 0 Å². The van der Waals surface area contributed by atoms with Gasteiger partial charge in [0, 0.05) is 42.8 Å². The smallest absolute Gasteiger partial charge is 0.274 e. The van der Waals surface area contributed by atoms with Crippen molar-refractivity contribution < 1.29 is 14.3 Å². The normalized spacial score (nSPS) is 13.6. The Bertz CT molecular complexity index is 1170. The Labute approximate surface area is 195 Å². The van der Waals surface area contributed by atoms with Gasteiger partial charge in [-0.2, -0.15) is 5.10 Å². The molecule has 0 aliphatic carbocycles. The van der Waals surface area contributed by atoms with Crippen molar-refractivity contribution in [2.45, 2.75) is 6.54 Å². The van der Waals surface area contributed by atoms with E-state index in [0.29, 0.717) is 42.5 Å². The van der Waals surface area contributed by atoms with E-state index in [4.69, 9.17) is 16.3 Å². The summed E-state index contributed by atoms with van der Waals surface area (Å²) in [7, 11) is 0. The highest BCUT2D eigenvalue weighted by molar-refractivity contribution is 6.30. The van der Waals surface area contributed by atoms with E-state index in [2.05, 4.69) is 5.10 Å². The minimum atomic E-state index is -0.304. The number of halogens is 1. The molecule has 0 bridgehead atoms. The molecule has 33 heavy (non-hydrogen) atoms. The molecule has 4 rings (SSSR count). The van der Waals surface area contributed by atoms with Gasteiger partial charge < -0.3 is 14.5 Å². The number of hydrogen-bond donors (Lipinski definition) is 0. The van der Waals surface area contributed by atoms with E-state index in [1.54, 1.807) is 34.1 Å². The molecule has 0 unspecified atom stereocenters. The van der Waals surface area contributed by atoms with Crippen LogP contribution in [0.2, 0.25) is 5.02 Å². The fraction of sp³-hybridized carbons (Fsp3) is 0.250. The molecule has 2 amide bonds. The second kappa shape index (κ2) is 10.3. The minimum Gasteiger partial charge on any atom is -0.492 e. The number of amides is 2. The van der Waals surface area contributed by atoms with Crippen LogP contribution in [0.15, 0.2) is 71.5 Å². The standard InChI is InChI=1S/C24H23ClN4O4/c25-19-8-6-18(7-9-19)23(31)27-12-14-28(15-13-27)24(32)21-10-11-22(30)29(26-21)16-17-33-20-4-2-1-3-5-20/h1-11H,12-17H2. The molecule has 9 heteroatoms. The minimum absolute atomic E-state index is 0.0937. The van der Waals surface area contributed by atoms with E-state index in [1.807, 2.05) is 30.3 Å². The zero-order valence-corrected chi connectivity index (χ0v) is 18.6. The Morgan fingerprint density at radius 1 is 0.848 bits per heavy atom. The molecule has 3 aromatic rings. The number of nitrogens with zero attached hydrogens (tertiary/aromatic N) is 4. The van der Waals surface area contributed by atoms with Gasteiger partial charge in [-0.1, -0.05) is 29.8 Å². The molecule has 0 spiro atoms. The maximum atomic E-state index is 12.9. The molecule has 8 nitrogen and oxygen atoms in total. The molecule has 1 fully saturated rings. The molecule has 1 aromatic heterocycles. The second-order valence-corrected chi connectivity index (χ2v) is 7.97. The highest BCUT2D eigenvalue weighted by atomic mass is 35.5. The molecule has 0 N–H and O–H groups in total. The predicted octanol–water partition coefficient (Wildman–Crippen LogP) is 2.57. The monoisotopic (exact) mass is 466 g/mol. The van der Waals surface area contributed by atoms with Crippen molar-refractivity contribution >= 4 is 23.4 Å². The first kappa shape index (κ1) is 22.5. The fourth-order valence-electron chi connectivity index (χ4n) is 3.54. The number of ether oxygens (including phenoxy) is 1. The van der Waals surface area contributed by atoms with Crippen LogP contribution in [0.1, 0.15) is 20.8 Å². The summed E-state index contributed by atoms with van der Waals surface area (Å²) in [6.07, 6.45) is 0. The Balaban J connectivity index is 1.34. The summed E-state index contributed by atoms with van der Waals surface area (Å²) in [5, 5.41) is 4.80. The molecular formula is C24H23ClN4O4. The van der Waals surface area contributed by atoms with Crippen molar-refractivity contribution in [2.75, 3.05) is 32.8 Å². The number of carbonyl (C=O) groups excluding carboxylic acids is 2. The number of hydrogen-bond acceptors (Lipinski definition) is 5. The molecule has 0 atom stereocenters. The van der Waals surface area contributed by atoms with Gasteiger partial charge in [0.05, 0.1) is 6.54 Å². The van der Waals surface area contributed by atoms with E-state index in [-0.39, 0.29) is 36.2 Å². The van der Waals surface area contributed by atoms with E-state index < -0.39 is 0 Å². The van der Waals surface area contributed by atoms with Crippen LogP contribution < -0.4 is 10.3 Å². The third-order valence-corrected chi connectivity index (χ3v) is 5.60. The number of para-hydroxylation sites is 1. The molecule has 1 saturated heterocycles. The Hall–Kier alpha value is -3.65. The lowest BCUT2D eigenvalue weighted by Gasteiger charge is -2.34.